The van der Waals surface area contributed by atoms with Gasteiger partial charge in [-0.1, -0.05) is 0 Å². The van der Waals surface area contributed by atoms with Crippen LogP contribution in [0, 0.1) is 0 Å². The average molecular weight is 86.7 g/mol. The molecule has 0 saturated carbocycles. The van der Waals surface area contributed by atoms with Crippen molar-refractivity contribution in [3.8, 4) is 0 Å². The summed E-state index contributed by atoms with van der Waals surface area (Å²) in [6, 6.07) is 0. The van der Waals surface area contributed by atoms with E-state index in [-0.39, 0.29) is 0 Å². The van der Waals surface area contributed by atoms with Gasteiger partial charge in [0.15, 0.2) is 0 Å². The van der Waals surface area contributed by atoms with Gasteiger partial charge in [0.2, 0.25) is 0 Å². The molecule has 0 spiro atoms. The van der Waals surface area contributed by atoms with E-state index in [4.69, 9.17) is 10.0 Å². The average Bonchev–Trinajstić information content (AvgIpc) is 1.35. The SMILES string of the molecule is CB(O)O[B]O. The van der Waals surface area contributed by atoms with Crippen LogP contribution in [0.4, 0.5) is 0 Å². The molecule has 0 bridgehead atoms. The van der Waals surface area contributed by atoms with E-state index < -0.39 is 7.12 Å². The Bertz CT molecular complexity index is 30.0. The molecule has 0 fully saturated rings. The monoisotopic (exact) mass is 87.0 g/mol. The Hall–Kier alpha value is 0.00987. The van der Waals surface area contributed by atoms with Crippen molar-refractivity contribution in [2.75, 3.05) is 0 Å². The normalized spacial score (nSPS) is 7.83. The Morgan fingerprint density at radius 3 is 2.33 bits per heavy atom. The molecule has 0 unspecified atom stereocenters. The highest BCUT2D eigenvalue weighted by Gasteiger charge is 1.99. The summed E-state index contributed by atoms with van der Waals surface area (Å²) in [6.07, 6.45) is 0. The lowest BCUT2D eigenvalue weighted by Crippen LogP contribution is -2.14. The maximum atomic E-state index is 8.14. The van der Waals surface area contributed by atoms with Gasteiger partial charge in [-0.05, 0) is 6.82 Å². The van der Waals surface area contributed by atoms with Gasteiger partial charge >= 0.3 is 14.8 Å². The van der Waals surface area contributed by atoms with Crippen molar-refractivity contribution in [1.29, 1.82) is 0 Å². The molecule has 0 aliphatic heterocycles. The Balaban J connectivity index is 2.63. The summed E-state index contributed by atoms with van der Waals surface area (Å²) in [4.78, 5) is 0. The van der Waals surface area contributed by atoms with Crippen LogP contribution < -0.4 is 0 Å². The van der Waals surface area contributed by atoms with Crippen LogP contribution in [0.15, 0.2) is 0 Å². The Kier molecular flexibility index (Phi) is 3.21. The third-order valence-corrected chi connectivity index (χ3v) is 0.258. The summed E-state index contributed by atoms with van der Waals surface area (Å²) >= 11 is 0. The summed E-state index contributed by atoms with van der Waals surface area (Å²) in [5.74, 6) is 0. The van der Waals surface area contributed by atoms with Crippen LogP contribution in [0.3, 0.4) is 0 Å². The largest absolute Gasteiger partial charge is 0.470 e. The molecule has 3 nitrogen and oxygen atoms in total. The minimum absolute atomic E-state index is 0.449. The van der Waals surface area contributed by atoms with Crippen LogP contribution in [0.2, 0.25) is 6.82 Å². The summed E-state index contributed by atoms with van der Waals surface area (Å²) in [7, 11) is -0.458. The lowest BCUT2D eigenvalue weighted by molar-refractivity contribution is 0.387. The molecule has 5 heteroatoms. The maximum absolute atomic E-state index is 8.14. The molecular formula is CH5B2O3. The molecule has 0 aliphatic carbocycles. The Morgan fingerprint density at radius 1 is 1.83 bits per heavy atom. The summed E-state index contributed by atoms with van der Waals surface area (Å²) in [5.41, 5.74) is 0. The fraction of sp³-hybridized carbons (Fsp3) is 1.00. The summed E-state index contributed by atoms with van der Waals surface area (Å²) in [5, 5.41) is 15.9. The van der Waals surface area contributed by atoms with Crippen LogP contribution in [0.1, 0.15) is 0 Å². The molecule has 0 saturated heterocycles. The van der Waals surface area contributed by atoms with E-state index in [1.165, 1.54) is 6.82 Å². The molecule has 0 amide bonds. The first-order valence-corrected chi connectivity index (χ1v) is 1.57. The quantitative estimate of drug-likeness (QED) is 0.408. The van der Waals surface area contributed by atoms with Gasteiger partial charge < -0.3 is 14.6 Å². The first kappa shape index (κ1) is 6.01. The smallest absolute Gasteiger partial charge is 0.454 e. The van der Waals surface area contributed by atoms with Crippen molar-refractivity contribution in [2.45, 2.75) is 6.82 Å². The fourth-order valence-corrected chi connectivity index (χ4v) is 0.0881. The minimum Gasteiger partial charge on any atom is -0.454 e. The predicted octanol–water partition coefficient (Wildman–Crippen LogP) is -1.36. The number of hydrogen-bond donors (Lipinski definition) is 2. The van der Waals surface area contributed by atoms with Gasteiger partial charge in [0.25, 0.3) is 0 Å². The van der Waals surface area contributed by atoms with Crippen molar-refractivity contribution in [2.24, 2.45) is 0 Å². The number of rotatable bonds is 2. The number of hydrogen-bond acceptors (Lipinski definition) is 3. The van der Waals surface area contributed by atoms with Crippen molar-refractivity contribution >= 4 is 14.8 Å². The van der Waals surface area contributed by atoms with Crippen molar-refractivity contribution < 1.29 is 14.6 Å². The van der Waals surface area contributed by atoms with Gasteiger partial charge in [0.1, 0.15) is 0 Å². The molecule has 1 radical (unpaired) electrons. The van der Waals surface area contributed by atoms with E-state index in [0.29, 0.717) is 7.69 Å². The molecule has 2 N–H and O–H groups in total. The van der Waals surface area contributed by atoms with E-state index in [2.05, 4.69) is 4.57 Å². The van der Waals surface area contributed by atoms with Crippen LogP contribution in [-0.4, -0.2) is 24.9 Å². The highest BCUT2D eigenvalue weighted by Crippen LogP contribution is 1.69. The van der Waals surface area contributed by atoms with Crippen LogP contribution in [0.5, 0.6) is 0 Å². The second kappa shape index (κ2) is 3.21. The molecule has 0 aromatic heterocycles. The molecule has 0 aromatic carbocycles. The molecular weight excluding hydrogens is 81.6 g/mol. The zero-order valence-electron chi connectivity index (χ0n) is 3.46. The highest BCUT2D eigenvalue weighted by molar-refractivity contribution is 6.48. The third kappa shape index (κ3) is 4.01. The molecule has 0 rings (SSSR count). The molecule has 6 heavy (non-hydrogen) atoms. The standard InChI is InChI=1S/CH5B2O3/c1-3(5)6-2-4/h4-5H,1H3. The van der Waals surface area contributed by atoms with Gasteiger partial charge in [-0.3, -0.25) is 0 Å². The second-order valence-electron chi connectivity index (χ2n) is 0.841. The zero-order valence-corrected chi connectivity index (χ0v) is 3.46. The maximum Gasteiger partial charge on any atom is 0.470 e. The fourth-order valence-electron chi connectivity index (χ4n) is 0.0881. The zero-order chi connectivity index (χ0) is 4.99. The van der Waals surface area contributed by atoms with Crippen molar-refractivity contribution in [3.63, 3.8) is 0 Å². The summed E-state index contributed by atoms with van der Waals surface area (Å²) < 4.78 is 4.03. The first-order chi connectivity index (χ1) is 2.77. The highest BCUT2D eigenvalue weighted by atomic mass is 16.5. The topological polar surface area (TPSA) is 49.7 Å². The Labute approximate surface area is 37.4 Å². The minimum atomic E-state index is -0.907. The molecule has 0 aliphatic rings. The van der Waals surface area contributed by atoms with E-state index in [9.17, 15) is 0 Å². The van der Waals surface area contributed by atoms with Crippen LogP contribution in [0.25, 0.3) is 0 Å². The Morgan fingerprint density at radius 2 is 2.33 bits per heavy atom. The van der Waals surface area contributed by atoms with Crippen molar-refractivity contribution in [1.82, 2.24) is 0 Å². The van der Waals surface area contributed by atoms with E-state index >= 15 is 0 Å². The lowest BCUT2D eigenvalue weighted by Gasteiger charge is -1.91. The molecule has 0 heterocycles. The lowest BCUT2D eigenvalue weighted by atomic mass is 9.95. The molecule has 33 valence electrons. The van der Waals surface area contributed by atoms with Gasteiger partial charge in [-0.2, -0.15) is 0 Å². The van der Waals surface area contributed by atoms with Crippen LogP contribution >= 0.6 is 0 Å². The van der Waals surface area contributed by atoms with E-state index in [1.807, 2.05) is 0 Å². The van der Waals surface area contributed by atoms with Gasteiger partial charge in [0.05, 0.1) is 0 Å². The van der Waals surface area contributed by atoms with E-state index in [0.717, 1.165) is 0 Å². The third-order valence-electron chi connectivity index (χ3n) is 0.258. The van der Waals surface area contributed by atoms with Gasteiger partial charge in [-0.15, -0.1) is 0 Å². The van der Waals surface area contributed by atoms with Crippen LogP contribution in [-0.2, 0) is 4.57 Å². The summed E-state index contributed by atoms with van der Waals surface area (Å²) in [6.45, 7) is 1.40. The first-order valence-electron chi connectivity index (χ1n) is 1.57. The van der Waals surface area contributed by atoms with Gasteiger partial charge in [0, 0.05) is 0 Å². The van der Waals surface area contributed by atoms with Crippen molar-refractivity contribution in [3.05, 3.63) is 0 Å². The molecule has 0 atom stereocenters. The predicted molar refractivity (Wildman–Crippen MR) is 22.9 cm³/mol. The van der Waals surface area contributed by atoms with E-state index in [1.54, 1.807) is 0 Å². The van der Waals surface area contributed by atoms with Gasteiger partial charge in [-0.25, -0.2) is 0 Å². The second-order valence-corrected chi connectivity index (χ2v) is 0.841. The molecule has 0 aromatic rings.